The summed E-state index contributed by atoms with van der Waals surface area (Å²) < 4.78 is 1.91. The van der Waals surface area contributed by atoms with Crippen LogP contribution in [0.15, 0.2) is 77.6 Å². The van der Waals surface area contributed by atoms with E-state index in [2.05, 4.69) is 5.32 Å². The molecule has 5 heteroatoms. The Morgan fingerprint density at radius 2 is 1.59 bits per heavy atom. The molecular formula is C24H21ClN2O2. The standard InChI is InChI=1S/C24H21ClN2O2/c1-16(13-17-7-6-8-18(25)14-17)26-23(28)15-27-21-11-4-2-9-19(21)24(29)20-10-3-5-12-22(20)27/h2-12,14,16H,13,15H2,1H3,(H,26,28)/t16-/m0/s1. The summed E-state index contributed by atoms with van der Waals surface area (Å²) in [5, 5.41) is 4.98. The highest BCUT2D eigenvalue weighted by Gasteiger charge is 2.14. The molecule has 0 aliphatic rings. The van der Waals surface area contributed by atoms with Crippen molar-refractivity contribution in [3.63, 3.8) is 0 Å². The molecule has 3 aromatic carbocycles. The van der Waals surface area contributed by atoms with Crippen LogP contribution in [-0.2, 0) is 17.8 Å². The Hall–Kier alpha value is -3.11. The third-order valence-electron chi connectivity index (χ3n) is 5.02. The molecule has 1 N–H and O–H groups in total. The second kappa shape index (κ2) is 8.10. The summed E-state index contributed by atoms with van der Waals surface area (Å²) in [5.74, 6) is -0.0986. The van der Waals surface area contributed by atoms with Gasteiger partial charge in [-0.15, -0.1) is 0 Å². The van der Waals surface area contributed by atoms with Gasteiger partial charge in [0.1, 0.15) is 6.54 Å². The van der Waals surface area contributed by atoms with Crippen LogP contribution >= 0.6 is 11.6 Å². The highest BCUT2D eigenvalue weighted by molar-refractivity contribution is 6.30. The van der Waals surface area contributed by atoms with Crippen LogP contribution in [0.25, 0.3) is 21.8 Å². The summed E-state index contributed by atoms with van der Waals surface area (Å²) in [6.07, 6.45) is 0.692. The number of hydrogen-bond acceptors (Lipinski definition) is 2. The van der Waals surface area contributed by atoms with Gasteiger partial charge in [0.2, 0.25) is 5.91 Å². The zero-order chi connectivity index (χ0) is 20.4. The van der Waals surface area contributed by atoms with E-state index in [1.54, 1.807) is 12.1 Å². The quantitative estimate of drug-likeness (QED) is 0.496. The van der Waals surface area contributed by atoms with Gasteiger partial charge in [-0.25, -0.2) is 0 Å². The largest absolute Gasteiger partial charge is 0.352 e. The van der Waals surface area contributed by atoms with Crippen molar-refractivity contribution in [2.45, 2.75) is 25.9 Å². The van der Waals surface area contributed by atoms with Gasteiger partial charge in [0, 0.05) is 21.8 Å². The Bertz CT molecular complexity index is 1200. The summed E-state index contributed by atoms with van der Waals surface area (Å²) in [6.45, 7) is 2.11. The first-order valence-corrected chi connectivity index (χ1v) is 9.95. The first kappa shape index (κ1) is 19.2. The lowest BCUT2D eigenvalue weighted by molar-refractivity contribution is -0.122. The van der Waals surface area contributed by atoms with Crippen LogP contribution in [0.1, 0.15) is 12.5 Å². The molecule has 0 unspecified atom stereocenters. The van der Waals surface area contributed by atoms with Gasteiger partial charge in [-0.3, -0.25) is 9.59 Å². The van der Waals surface area contributed by atoms with Crippen molar-refractivity contribution >= 4 is 39.3 Å². The van der Waals surface area contributed by atoms with E-state index >= 15 is 0 Å². The van der Waals surface area contributed by atoms with E-state index in [0.29, 0.717) is 22.2 Å². The summed E-state index contributed by atoms with van der Waals surface area (Å²) in [6, 6.07) is 22.4. The number of nitrogens with zero attached hydrogens (tertiary/aromatic N) is 1. The molecule has 1 amide bonds. The summed E-state index contributed by atoms with van der Waals surface area (Å²) in [4.78, 5) is 25.6. The molecule has 0 fully saturated rings. The molecule has 0 saturated heterocycles. The Labute approximate surface area is 173 Å². The van der Waals surface area contributed by atoms with E-state index in [4.69, 9.17) is 11.6 Å². The second-order valence-electron chi connectivity index (χ2n) is 7.25. The van der Waals surface area contributed by atoms with Crippen molar-refractivity contribution in [1.29, 1.82) is 0 Å². The Kier molecular flexibility index (Phi) is 5.36. The van der Waals surface area contributed by atoms with Crippen LogP contribution in [0, 0.1) is 0 Å². The number of rotatable bonds is 5. The van der Waals surface area contributed by atoms with Crippen molar-refractivity contribution in [2.75, 3.05) is 0 Å². The fraction of sp³-hybridized carbons (Fsp3) is 0.167. The minimum absolute atomic E-state index is 0.0119. The molecule has 0 aliphatic carbocycles. The summed E-state index contributed by atoms with van der Waals surface area (Å²) >= 11 is 6.05. The molecule has 0 saturated carbocycles. The average Bonchev–Trinajstić information content (AvgIpc) is 2.71. The van der Waals surface area contributed by atoms with Crippen molar-refractivity contribution in [2.24, 2.45) is 0 Å². The molecule has 0 bridgehead atoms. The van der Waals surface area contributed by atoms with Crippen molar-refractivity contribution < 1.29 is 4.79 Å². The average molecular weight is 405 g/mol. The molecule has 4 nitrogen and oxygen atoms in total. The molecule has 0 spiro atoms. The SMILES string of the molecule is C[C@@H](Cc1cccc(Cl)c1)NC(=O)Cn1c2ccccc2c(=O)c2ccccc21. The number of nitrogens with one attached hydrogen (secondary N) is 1. The number of benzene rings is 3. The van der Waals surface area contributed by atoms with Gasteiger partial charge in [0.05, 0.1) is 11.0 Å². The first-order chi connectivity index (χ1) is 14.0. The lowest BCUT2D eigenvalue weighted by Crippen LogP contribution is -2.36. The van der Waals surface area contributed by atoms with Crippen LogP contribution < -0.4 is 10.7 Å². The van der Waals surface area contributed by atoms with E-state index in [9.17, 15) is 9.59 Å². The Morgan fingerprint density at radius 1 is 0.966 bits per heavy atom. The summed E-state index contributed by atoms with van der Waals surface area (Å²) in [7, 11) is 0. The molecule has 0 radical (unpaired) electrons. The molecule has 4 aromatic rings. The zero-order valence-corrected chi connectivity index (χ0v) is 16.8. The van der Waals surface area contributed by atoms with Crippen LogP contribution in [0.4, 0.5) is 0 Å². The van der Waals surface area contributed by atoms with Gasteiger partial charge in [-0.05, 0) is 55.3 Å². The molecule has 1 aromatic heterocycles. The van der Waals surface area contributed by atoms with Crippen LogP contribution in [-0.4, -0.2) is 16.5 Å². The minimum atomic E-state index is -0.0986. The number of halogens is 1. The molecule has 146 valence electrons. The van der Waals surface area contributed by atoms with E-state index in [1.165, 1.54) is 0 Å². The smallest absolute Gasteiger partial charge is 0.240 e. The Morgan fingerprint density at radius 3 is 2.21 bits per heavy atom. The number of fused-ring (bicyclic) bond motifs is 2. The fourth-order valence-electron chi connectivity index (χ4n) is 3.78. The molecule has 4 rings (SSSR count). The van der Waals surface area contributed by atoms with Gasteiger partial charge >= 0.3 is 0 Å². The van der Waals surface area contributed by atoms with Gasteiger partial charge < -0.3 is 9.88 Å². The number of carbonyl (C=O) groups is 1. The fourth-order valence-corrected chi connectivity index (χ4v) is 3.99. The van der Waals surface area contributed by atoms with Crippen molar-refractivity contribution in [3.8, 4) is 0 Å². The van der Waals surface area contributed by atoms with Crippen LogP contribution in [0.5, 0.6) is 0 Å². The number of pyridine rings is 1. The molecule has 29 heavy (non-hydrogen) atoms. The molecule has 1 atom stereocenters. The van der Waals surface area contributed by atoms with Crippen LogP contribution in [0.3, 0.4) is 0 Å². The predicted molar refractivity (Wildman–Crippen MR) is 118 cm³/mol. The number of hydrogen-bond donors (Lipinski definition) is 1. The predicted octanol–water partition coefficient (Wildman–Crippen LogP) is 4.56. The van der Waals surface area contributed by atoms with Gasteiger partial charge in [-0.1, -0.05) is 48.0 Å². The second-order valence-corrected chi connectivity index (χ2v) is 7.69. The van der Waals surface area contributed by atoms with Gasteiger partial charge in [-0.2, -0.15) is 0 Å². The van der Waals surface area contributed by atoms with E-state index < -0.39 is 0 Å². The third kappa shape index (κ3) is 4.03. The number of aromatic nitrogens is 1. The van der Waals surface area contributed by atoms with Crippen molar-refractivity contribution in [1.82, 2.24) is 9.88 Å². The maximum absolute atomic E-state index is 12.8. The lowest BCUT2D eigenvalue weighted by Gasteiger charge is -2.18. The van der Waals surface area contributed by atoms with Gasteiger partial charge in [0.25, 0.3) is 0 Å². The monoisotopic (exact) mass is 404 g/mol. The van der Waals surface area contributed by atoms with Crippen LogP contribution in [0.2, 0.25) is 5.02 Å². The minimum Gasteiger partial charge on any atom is -0.352 e. The van der Waals surface area contributed by atoms with E-state index in [-0.39, 0.29) is 23.9 Å². The van der Waals surface area contributed by atoms with Crippen molar-refractivity contribution in [3.05, 3.63) is 93.6 Å². The molecule has 0 aliphatic heterocycles. The highest BCUT2D eigenvalue weighted by atomic mass is 35.5. The Balaban J connectivity index is 1.62. The zero-order valence-electron chi connectivity index (χ0n) is 16.1. The normalized spacial score (nSPS) is 12.2. The number of carbonyl (C=O) groups excluding carboxylic acids is 1. The molecule has 1 heterocycles. The number of amides is 1. The van der Waals surface area contributed by atoms with E-state index in [0.717, 1.165) is 16.6 Å². The highest BCUT2D eigenvalue weighted by Crippen LogP contribution is 2.19. The van der Waals surface area contributed by atoms with E-state index in [1.807, 2.05) is 72.2 Å². The molecular weight excluding hydrogens is 384 g/mol. The lowest BCUT2D eigenvalue weighted by atomic mass is 10.1. The third-order valence-corrected chi connectivity index (χ3v) is 5.25. The summed E-state index contributed by atoms with van der Waals surface area (Å²) in [5.41, 5.74) is 2.58. The first-order valence-electron chi connectivity index (χ1n) is 9.57. The number of para-hydroxylation sites is 2. The maximum atomic E-state index is 12.8. The maximum Gasteiger partial charge on any atom is 0.240 e. The topological polar surface area (TPSA) is 51.1 Å². The van der Waals surface area contributed by atoms with Gasteiger partial charge in [0.15, 0.2) is 5.43 Å².